The minimum atomic E-state index is -0.614. The molecule has 2 aromatic rings. The average molecular weight is 323 g/mol. The van der Waals surface area contributed by atoms with Crippen molar-refractivity contribution in [1.82, 2.24) is 0 Å². The minimum Gasteiger partial charge on any atom is -0.482 e. The molecule has 0 spiro atoms. The number of para-hydroxylation sites is 1. The Kier molecular flexibility index (Phi) is 5.27. The molecule has 0 fully saturated rings. The molecular weight excluding hydrogens is 307 g/mol. The van der Waals surface area contributed by atoms with Crippen molar-refractivity contribution in [2.75, 3.05) is 0 Å². The first-order valence-electron chi connectivity index (χ1n) is 6.76. The number of hydrogen-bond donors (Lipinski definition) is 0. The van der Waals surface area contributed by atoms with Crippen molar-refractivity contribution in [3.05, 3.63) is 63.6 Å². The van der Waals surface area contributed by atoms with Gasteiger partial charge in [-0.2, -0.15) is 0 Å². The van der Waals surface area contributed by atoms with Crippen LogP contribution in [-0.4, -0.2) is 11.9 Å². The number of rotatable bonds is 5. The predicted molar refractivity (Wildman–Crippen MR) is 86.7 cm³/mol. The number of aryl methyl sites for hydroxylation is 1. The summed E-state index contributed by atoms with van der Waals surface area (Å²) in [4.78, 5) is 12.4. The zero-order valence-corrected chi connectivity index (χ0v) is 13.4. The largest absolute Gasteiger partial charge is 0.482 e. The van der Waals surface area contributed by atoms with E-state index in [4.69, 9.17) is 27.9 Å². The fourth-order valence-corrected chi connectivity index (χ4v) is 2.56. The Hall–Kier alpha value is -1.51. The molecule has 0 aliphatic heterocycles. The number of halogens is 2. The van der Waals surface area contributed by atoms with Crippen LogP contribution < -0.4 is 4.74 Å². The van der Waals surface area contributed by atoms with E-state index in [0.29, 0.717) is 15.6 Å². The lowest BCUT2D eigenvalue weighted by atomic mass is 10.1. The van der Waals surface area contributed by atoms with Crippen molar-refractivity contribution in [1.29, 1.82) is 0 Å². The van der Waals surface area contributed by atoms with Crippen molar-refractivity contribution >= 4 is 29.0 Å². The molecule has 0 radical (unpaired) electrons. The summed E-state index contributed by atoms with van der Waals surface area (Å²) in [5, 5.41) is 0.841. The maximum atomic E-state index is 12.4. The lowest BCUT2D eigenvalue weighted by molar-refractivity contribution is 0.0817. The van der Waals surface area contributed by atoms with Gasteiger partial charge in [0.1, 0.15) is 5.75 Å². The minimum absolute atomic E-state index is 0.164. The molecule has 0 aliphatic carbocycles. The molecule has 4 heteroatoms. The van der Waals surface area contributed by atoms with Crippen molar-refractivity contribution in [2.45, 2.75) is 26.4 Å². The molecule has 0 amide bonds. The molecule has 2 aromatic carbocycles. The van der Waals surface area contributed by atoms with Crippen LogP contribution in [0, 0.1) is 0 Å². The van der Waals surface area contributed by atoms with E-state index in [1.165, 1.54) is 0 Å². The quantitative estimate of drug-likeness (QED) is 0.706. The number of ketones is 1. The van der Waals surface area contributed by atoms with Crippen LogP contribution in [0.15, 0.2) is 42.5 Å². The molecule has 0 N–H and O–H groups in total. The van der Waals surface area contributed by atoms with E-state index < -0.39 is 6.10 Å². The maximum absolute atomic E-state index is 12.4. The number of ether oxygens (including phenoxy) is 1. The molecule has 2 rings (SSSR count). The number of carbonyl (C=O) groups is 1. The Bertz CT molecular complexity index is 653. The van der Waals surface area contributed by atoms with E-state index in [2.05, 4.69) is 0 Å². The van der Waals surface area contributed by atoms with E-state index >= 15 is 0 Å². The van der Waals surface area contributed by atoms with Gasteiger partial charge < -0.3 is 4.74 Å². The molecule has 110 valence electrons. The normalized spacial score (nSPS) is 12.0. The molecule has 0 heterocycles. The summed E-state index contributed by atoms with van der Waals surface area (Å²) >= 11 is 11.9. The van der Waals surface area contributed by atoms with Crippen LogP contribution in [0.3, 0.4) is 0 Å². The summed E-state index contributed by atoms with van der Waals surface area (Å²) < 4.78 is 5.80. The van der Waals surface area contributed by atoms with Gasteiger partial charge in [0.2, 0.25) is 5.78 Å². The summed E-state index contributed by atoms with van der Waals surface area (Å²) in [6.07, 6.45) is 0.232. The first-order valence-corrected chi connectivity index (χ1v) is 7.52. The first-order chi connectivity index (χ1) is 10.0. The van der Waals surface area contributed by atoms with Crippen molar-refractivity contribution in [3.63, 3.8) is 0 Å². The van der Waals surface area contributed by atoms with Crippen LogP contribution in [0.25, 0.3) is 0 Å². The second-order valence-electron chi connectivity index (χ2n) is 4.71. The average Bonchev–Trinajstić information content (AvgIpc) is 2.47. The third-order valence-corrected chi connectivity index (χ3v) is 3.77. The van der Waals surface area contributed by atoms with Gasteiger partial charge in [0.05, 0.1) is 5.02 Å². The third kappa shape index (κ3) is 3.78. The summed E-state index contributed by atoms with van der Waals surface area (Å²) in [7, 11) is 0. The number of hydrogen-bond acceptors (Lipinski definition) is 2. The molecule has 0 aliphatic rings. The van der Waals surface area contributed by atoms with Crippen LogP contribution in [0.1, 0.15) is 29.8 Å². The zero-order chi connectivity index (χ0) is 15.4. The molecule has 2 nitrogen and oxygen atoms in total. The number of carbonyl (C=O) groups excluding carboxylic acids is 1. The van der Waals surface area contributed by atoms with Crippen molar-refractivity contribution < 1.29 is 9.53 Å². The van der Waals surface area contributed by atoms with Gasteiger partial charge in [0.25, 0.3) is 0 Å². The molecule has 21 heavy (non-hydrogen) atoms. The Balaban J connectivity index is 2.19. The fourth-order valence-electron chi connectivity index (χ4n) is 2.06. The SMILES string of the molecule is CCc1ccccc1OC(C)C(=O)c1ccc(Cl)cc1Cl. The predicted octanol–water partition coefficient (Wildman–Crippen LogP) is 5.21. The second-order valence-corrected chi connectivity index (χ2v) is 5.55. The molecule has 1 unspecified atom stereocenters. The van der Waals surface area contributed by atoms with Crippen LogP contribution in [0.2, 0.25) is 10.0 Å². The van der Waals surface area contributed by atoms with Crippen molar-refractivity contribution in [2.24, 2.45) is 0 Å². The monoisotopic (exact) mass is 322 g/mol. The maximum Gasteiger partial charge on any atom is 0.204 e. The van der Waals surface area contributed by atoms with Crippen molar-refractivity contribution in [3.8, 4) is 5.75 Å². The Labute approximate surface area is 134 Å². The molecular formula is C17H16Cl2O2. The van der Waals surface area contributed by atoms with E-state index in [1.807, 2.05) is 31.2 Å². The summed E-state index contributed by atoms with van der Waals surface area (Å²) in [5.74, 6) is 0.563. The van der Waals surface area contributed by atoms with E-state index in [0.717, 1.165) is 17.7 Å². The lowest BCUT2D eigenvalue weighted by Crippen LogP contribution is -2.24. The zero-order valence-electron chi connectivity index (χ0n) is 11.9. The van der Waals surface area contributed by atoms with Gasteiger partial charge in [0.15, 0.2) is 6.10 Å². The molecule has 0 saturated heterocycles. The number of Topliss-reactive ketones (excluding diaryl/α,β-unsaturated/α-hetero) is 1. The number of benzene rings is 2. The topological polar surface area (TPSA) is 26.3 Å². The van der Waals surface area contributed by atoms with Gasteiger partial charge in [0, 0.05) is 10.6 Å². The van der Waals surface area contributed by atoms with Gasteiger partial charge in [-0.3, -0.25) is 4.79 Å². The van der Waals surface area contributed by atoms with Gasteiger partial charge in [-0.05, 0) is 43.2 Å². The molecule has 0 aromatic heterocycles. The Morgan fingerprint density at radius 1 is 1.19 bits per heavy atom. The van der Waals surface area contributed by atoms with Crippen LogP contribution in [-0.2, 0) is 6.42 Å². The Morgan fingerprint density at radius 3 is 2.57 bits per heavy atom. The molecule has 0 saturated carbocycles. The van der Waals surface area contributed by atoms with E-state index in [9.17, 15) is 4.79 Å². The smallest absolute Gasteiger partial charge is 0.204 e. The standard InChI is InChI=1S/C17H16Cl2O2/c1-3-12-6-4-5-7-16(12)21-11(2)17(20)14-9-8-13(18)10-15(14)19/h4-11H,3H2,1-2H3. The Morgan fingerprint density at radius 2 is 1.90 bits per heavy atom. The van der Waals surface area contributed by atoms with Gasteiger partial charge in [-0.15, -0.1) is 0 Å². The second kappa shape index (κ2) is 6.97. The highest BCUT2D eigenvalue weighted by Gasteiger charge is 2.20. The summed E-state index contributed by atoms with van der Waals surface area (Å²) in [6.45, 7) is 3.77. The molecule has 1 atom stereocenters. The fraction of sp³-hybridized carbons (Fsp3) is 0.235. The lowest BCUT2D eigenvalue weighted by Gasteiger charge is -2.16. The van der Waals surface area contributed by atoms with Crippen LogP contribution in [0.5, 0.6) is 5.75 Å². The van der Waals surface area contributed by atoms with Gasteiger partial charge in [-0.1, -0.05) is 48.3 Å². The molecule has 0 bridgehead atoms. The highest BCUT2D eigenvalue weighted by atomic mass is 35.5. The first kappa shape index (κ1) is 15.9. The highest BCUT2D eigenvalue weighted by Crippen LogP contribution is 2.25. The van der Waals surface area contributed by atoms with Gasteiger partial charge in [-0.25, -0.2) is 0 Å². The summed E-state index contributed by atoms with van der Waals surface area (Å²) in [5.41, 5.74) is 1.49. The third-order valence-electron chi connectivity index (χ3n) is 3.22. The van der Waals surface area contributed by atoms with E-state index in [-0.39, 0.29) is 5.78 Å². The highest BCUT2D eigenvalue weighted by molar-refractivity contribution is 6.37. The summed E-state index contributed by atoms with van der Waals surface area (Å²) in [6, 6.07) is 12.5. The van der Waals surface area contributed by atoms with E-state index in [1.54, 1.807) is 25.1 Å². The van der Waals surface area contributed by atoms with Gasteiger partial charge >= 0.3 is 0 Å². The van der Waals surface area contributed by atoms with Crippen LogP contribution in [0.4, 0.5) is 0 Å². The van der Waals surface area contributed by atoms with Crippen LogP contribution >= 0.6 is 23.2 Å².